The second kappa shape index (κ2) is 78.6. The molecule has 0 amide bonds. The Balaban J connectivity index is 2.26. The van der Waals surface area contributed by atoms with E-state index in [0.717, 1.165) is 137 Å². The van der Waals surface area contributed by atoms with E-state index in [2.05, 4.69) is 224 Å². The molecular formula is C100H192N10O. The molecule has 11 heteroatoms. The fourth-order valence-electron chi connectivity index (χ4n) is 16.3. The largest absolute Gasteiger partial charge is 0.377 e. The van der Waals surface area contributed by atoms with E-state index in [0.29, 0.717) is 24.0 Å². The molecule has 0 spiro atoms. The first-order valence-corrected chi connectivity index (χ1v) is 48.3. The van der Waals surface area contributed by atoms with E-state index < -0.39 is 6.23 Å². The second-order valence-corrected chi connectivity index (χ2v) is 35.4. The number of nitrogens with zero attached hydrogens (tertiary/aromatic N) is 8. The third-order valence-electron chi connectivity index (χ3n) is 23.9. The van der Waals surface area contributed by atoms with Crippen molar-refractivity contribution >= 4 is 0 Å². The van der Waals surface area contributed by atoms with E-state index in [-0.39, 0.29) is 6.04 Å². The smallest absolute Gasteiger partial charge is 0.122 e. The average Bonchev–Trinajstić information content (AvgIpc) is 0.839. The average molecular weight is 1550 g/mol. The number of allylic oxidation sites excluding steroid dienone is 16. The van der Waals surface area contributed by atoms with Crippen molar-refractivity contribution in [3.05, 3.63) is 97.2 Å². The topological polar surface area (TPSA) is 70.2 Å². The van der Waals surface area contributed by atoms with Gasteiger partial charge in [0.1, 0.15) is 6.23 Å². The van der Waals surface area contributed by atoms with Crippen LogP contribution in [0, 0.1) is 5.92 Å². The number of aliphatic hydroxyl groups excluding tert-OH is 1. The highest BCUT2D eigenvalue weighted by Crippen LogP contribution is 2.25. The molecule has 5 unspecified atom stereocenters. The van der Waals surface area contributed by atoms with E-state index in [9.17, 15) is 5.11 Å². The minimum absolute atomic E-state index is 0.0835. The molecule has 111 heavy (non-hydrogen) atoms. The third-order valence-corrected chi connectivity index (χ3v) is 23.9. The van der Waals surface area contributed by atoms with Gasteiger partial charge < -0.3 is 30.0 Å². The summed E-state index contributed by atoms with van der Waals surface area (Å²) in [6.07, 6.45) is 103. The van der Waals surface area contributed by atoms with Gasteiger partial charge in [-0.15, -0.1) is 0 Å². The van der Waals surface area contributed by atoms with Gasteiger partial charge in [-0.1, -0.05) is 285 Å². The summed E-state index contributed by atoms with van der Waals surface area (Å²) < 4.78 is 0. The highest BCUT2D eigenvalue weighted by Gasteiger charge is 2.34. The lowest BCUT2D eigenvalue weighted by atomic mass is 9.91. The summed E-state index contributed by atoms with van der Waals surface area (Å²) in [5.41, 5.74) is 0. The van der Waals surface area contributed by atoms with Crippen LogP contribution in [0.25, 0.3) is 0 Å². The van der Waals surface area contributed by atoms with Crippen molar-refractivity contribution in [3.63, 3.8) is 0 Å². The summed E-state index contributed by atoms with van der Waals surface area (Å²) >= 11 is 0. The lowest BCUT2D eigenvalue weighted by Gasteiger charge is -2.45. The molecule has 0 aromatic rings. The van der Waals surface area contributed by atoms with Crippen LogP contribution in [0.2, 0.25) is 0 Å². The van der Waals surface area contributed by atoms with Crippen LogP contribution in [-0.4, -0.2) is 229 Å². The Morgan fingerprint density at radius 3 is 1.05 bits per heavy atom. The fourth-order valence-corrected chi connectivity index (χ4v) is 16.3. The predicted octanol–water partition coefficient (Wildman–Crippen LogP) is 23.9. The van der Waals surface area contributed by atoms with Crippen molar-refractivity contribution in [2.24, 2.45) is 5.92 Å². The zero-order valence-electron chi connectivity index (χ0n) is 76.1. The Labute approximate surface area is 693 Å². The van der Waals surface area contributed by atoms with E-state index in [1.54, 1.807) is 0 Å². The van der Waals surface area contributed by atoms with Gasteiger partial charge in [0.25, 0.3) is 0 Å². The maximum atomic E-state index is 12.6. The lowest BCUT2D eigenvalue weighted by Crippen LogP contribution is -2.63. The van der Waals surface area contributed by atoms with E-state index in [1.807, 2.05) is 0 Å². The molecule has 2 aliphatic rings. The maximum absolute atomic E-state index is 12.6. The van der Waals surface area contributed by atoms with Crippen molar-refractivity contribution in [1.82, 2.24) is 49.8 Å². The van der Waals surface area contributed by atoms with Gasteiger partial charge in [-0.25, -0.2) is 0 Å². The number of aliphatic hydroxyl groups is 1. The van der Waals surface area contributed by atoms with E-state index >= 15 is 0 Å². The van der Waals surface area contributed by atoms with E-state index in [1.165, 1.54) is 295 Å². The number of likely N-dealkylation sites (N-methyl/N-ethyl adjacent to an activating group) is 4. The second-order valence-electron chi connectivity index (χ2n) is 35.4. The number of unbranched alkanes of at least 4 members (excludes halogenated alkanes) is 33. The molecule has 2 fully saturated rings. The summed E-state index contributed by atoms with van der Waals surface area (Å²) in [6, 6.07) is 1.54. The molecular weight excluding hydrogens is 1360 g/mol. The van der Waals surface area contributed by atoms with Gasteiger partial charge in [0.15, 0.2) is 0 Å². The molecule has 0 aromatic heterocycles. The first-order chi connectivity index (χ1) is 54.4. The Hall–Kier alpha value is -2.52. The van der Waals surface area contributed by atoms with Gasteiger partial charge in [-0.2, -0.15) is 0 Å². The molecule has 2 heterocycles. The van der Waals surface area contributed by atoms with Crippen LogP contribution in [0.5, 0.6) is 0 Å². The SMILES string of the molecule is CCCCCC=CCC=CCCCCCCCCC(CCCCCCCCC=CCC=CCCCCC)NCC1CN(CCN(C)CC(CCCCCC=CCC=CCCCCC)CCC(CCCCCCCCC=CCC=CCCCCC)NC(O)C2CN(CCN(C)C)CCN2CCN(C)C)CCN1CCN(C)C. The zero-order valence-corrected chi connectivity index (χ0v) is 76.1. The molecule has 0 radical (unpaired) electrons. The Morgan fingerprint density at radius 1 is 0.324 bits per heavy atom. The minimum Gasteiger partial charge on any atom is -0.377 e. The number of hydrogen-bond donors (Lipinski definition) is 3. The molecule has 2 saturated heterocycles. The summed E-state index contributed by atoms with van der Waals surface area (Å²) in [5.74, 6) is 0.639. The molecule has 5 atom stereocenters. The van der Waals surface area contributed by atoms with Gasteiger partial charge >= 0.3 is 0 Å². The van der Waals surface area contributed by atoms with Crippen molar-refractivity contribution in [1.29, 1.82) is 0 Å². The van der Waals surface area contributed by atoms with Crippen molar-refractivity contribution in [2.45, 2.75) is 386 Å². The highest BCUT2D eigenvalue weighted by atomic mass is 16.3. The number of piperazine rings is 2. The van der Waals surface area contributed by atoms with Crippen molar-refractivity contribution in [3.8, 4) is 0 Å². The van der Waals surface area contributed by atoms with Crippen LogP contribution in [0.3, 0.4) is 0 Å². The monoisotopic (exact) mass is 1550 g/mol. The molecule has 2 aliphatic heterocycles. The quantitative estimate of drug-likeness (QED) is 0.0310. The Kier molecular flexibility index (Phi) is 74.1. The van der Waals surface area contributed by atoms with Gasteiger partial charge in [-0.05, 0) is 222 Å². The summed E-state index contributed by atoms with van der Waals surface area (Å²) in [5, 5.41) is 21.0. The molecule has 0 saturated carbocycles. The molecule has 11 nitrogen and oxygen atoms in total. The standard InChI is InChI=1S/C100H192N10O/c1-12-16-20-24-28-32-36-40-43-46-50-54-58-62-66-70-74-96(75-71-67-63-59-55-51-47-44-41-37-33-29-25-21-17-13-2)101-91-98-93-107(85-89-109(98)87-80-104(7)8)84-82-106(11)92-95(73-69-65-61-57-53-49-39-35-31-27-23-19-15-4)77-78-97(76-72-68-64-60-56-52-48-45-42-38-34-30-26-22-18-14-3)102-100(111)99-94-108(83-79-103(5)6)86-90-110(99)88-81-105(9)10/h28-35,40-45,49,53,95-102,111H,12-27,36-39,46-48,50-52,54-94H2,1-11H3. The fraction of sp³-hybridized carbons (Fsp3) is 0.840. The van der Waals surface area contributed by atoms with Gasteiger partial charge in [0.05, 0.1) is 6.04 Å². The van der Waals surface area contributed by atoms with Crippen molar-refractivity contribution < 1.29 is 5.11 Å². The van der Waals surface area contributed by atoms with Gasteiger partial charge in [0, 0.05) is 123 Å². The highest BCUT2D eigenvalue weighted by molar-refractivity contribution is 4.97. The Bertz CT molecular complexity index is 2160. The minimum atomic E-state index is -0.552. The molecule has 0 aliphatic carbocycles. The van der Waals surface area contributed by atoms with Crippen LogP contribution >= 0.6 is 0 Å². The molecule has 0 aromatic carbocycles. The van der Waals surface area contributed by atoms with E-state index in [4.69, 9.17) is 0 Å². The number of rotatable bonds is 80. The van der Waals surface area contributed by atoms with Crippen LogP contribution < -0.4 is 10.6 Å². The summed E-state index contributed by atoms with van der Waals surface area (Å²) in [4.78, 5) is 20.7. The molecule has 648 valence electrons. The van der Waals surface area contributed by atoms with Gasteiger partial charge in [0.2, 0.25) is 0 Å². The van der Waals surface area contributed by atoms with Crippen LogP contribution in [0.15, 0.2) is 97.2 Å². The lowest BCUT2D eigenvalue weighted by molar-refractivity contribution is -0.0300. The molecule has 2 rings (SSSR count). The molecule has 3 N–H and O–H groups in total. The normalized spacial score (nSPS) is 17.5. The summed E-state index contributed by atoms with van der Waals surface area (Å²) in [6.45, 7) is 26.6. The zero-order chi connectivity index (χ0) is 80.2. The van der Waals surface area contributed by atoms with Crippen molar-refractivity contribution in [2.75, 3.05) is 154 Å². The number of hydrogen-bond acceptors (Lipinski definition) is 11. The number of nitrogens with one attached hydrogen (secondary N) is 2. The summed E-state index contributed by atoms with van der Waals surface area (Å²) in [7, 11) is 15.7. The Morgan fingerprint density at radius 2 is 0.649 bits per heavy atom. The first kappa shape index (κ1) is 105. The van der Waals surface area contributed by atoms with Crippen LogP contribution in [0.1, 0.15) is 355 Å². The maximum Gasteiger partial charge on any atom is 0.122 e. The first-order valence-electron chi connectivity index (χ1n) is 48.3. The van der Waals surface area contributed by atoms with Crippen LogP contribution in [0.4, 0.5) is 0 Å². The molecule has 0 bridgehead atoms. The third kappa shape index (κ3) is 66.1. The van der Waals surface area contributed by atoms with Crippen LogP contribution in [-0.2, 0) is 0 Å². The predicted molar refractivity (Wildman–Crippen MR) is 496 cm³/mol. The van der Waals surface area contributed by atoms with Gasteiger partial charge in [-0.3, -0.25) is 24.9 Å².